The zero-order valence-electron chi connectivity index (χ0n) is 27.7. The molecule has 14 heteroatoms. The van der Waals surface area contributed by atoms with Crippen LogP contribution in [0.15, 0.2) is 55.0 Å². The summed E-state index contributed by atoms with van der Waals surface area (Å²) in [6.07, 6.45) is 9.60. The topological polar surface area (TPSA) is 152 Å². The molecule has 3 aromatic heterocycles. The van der Waals surface area contributed by atoms with Crippen LogP contribution in [-0.2, 0) is 30.7 Å². The van der Waals surface area contributed by atoms with Gasteiger partial charge in [0.15, 0.2) is 0 Å². The molecule has 7 rings (SSSR count). The lowest BCUT2D eigenvalue weighted by molar-refractivity contribution is -0.119. The van der Waals surface area contributed by atoms with E-state index in [1.807, 2.05) is 42.6 Å². The number of carbonyl (C=O) groups excluding carboxylic acids is 1. The second kappa shape index (κ2) is 15.1. The van der Waals surface area contributed by atoms with Gasteiger partial charge in [0.1, 0.15) is 11.4 Å². The monoisotopic (exact) mass is 713 g/mol. The fraction of sp³-hybridized carbons (Fsp3) is 0.333. The summed E-state index contributed by atoms with van der Waals surface area (Å²) in [5, 5.41) is 18.1. The van der Waals surface area contributed by atoms with E-state index in [1.165, 1.54) is 11.3 Å². The zero-order valence-corrected chi connectivity index (χ0v) is 29.2. The first-order chi connectivity index (χ1) is 24.4. The van der Waals surface area contributed by atoms with Crippen molar-refractivity contribution in [2.45, 2.75) is 57.3 Å². The summed E-state index contributed by atoms with van der Waals surface area (Å²) in [7, 11) is 3.15. The Kier molecular flexibility index (Phi) is 10.2. The van der Waals surface area contributed by atoms with Gasteiger partial charge in [0, 0.05) is 72.5 Å². The van der Waals surface area contributed by atoms with Crippen molar-refractivity contribution < 1.29 is 14.3 Å². The lowest BCUT2D eigenvalue weighted by atomic mass is 9.94. The number of aromatic nitrogens is 6. The van der Waals surface area contributed by atoms with Gasteiger partial charge in [0.25, 0.3) is 0 Å². The number of aromatic amines is 1. The molecule has 2 aromatic carbocycles. The van der Waals surface area contributed by atoms with Crippen molar-refractivity contribution in [1.82, 2.24) is 46.1 Å². The number of carbonyl (C=O) groups is 1. The summed E-state index contributed by atoms with van der Waals surface area (Å²) in [6, 6.07) is 11.9. The first-order valence-electron chi connectivity index (χ1n) is 16.5. The normalized spacial score (nSPS) is 17.0. The minimum Gasteiger partial charge on any atom is -0.480 e. The Labute approximate surface area is 299 Å². The molecule has 1 fully saturated rings. The van der Waals surface area contributed by atoms with Crippen LogP contribution in [0.3, 0.4) is 0 Å². The lowest BCUT2D eigenvalue weighted by Crippen LogP contribution is -2.35. The van der Waals surface area contributed by atoms with Crippen molar-refractivity contribution in [3.8, 4) is 45.4 Å². The molecule has 2 atom stereocenters. The van der Waals surface area contributed by atoms with Crippen molar-refractivity contribution in [3.05, 3.63) is 87.7 Å². The molecule has 1 saturated heterocycles. The molecule has 12 nitrogen and oxygen atoms in total. The molecule has 0 bridgehead atoms. The van der Waals surface area contributed by atoms with Crippen LogP contribution in [0.1, 0.15) is 41.9 Å². The molecule has 1 aliphatic heterocycles. The second-order valence-corrected chi connectivity index (χ2v) is 13.1. The van der Waals surface area contributed by atoms with Crippen molar-refractivity contribution in [2.75, 3.05) is 20.8 Å². The number of benzene rings is 2. The number of hydrogen-bond donors (Lipinski definition) is 4. The summed E-state index contributed by atoms with van der Waals surface area (Å²) in [6.45, 7) is 1.60. The van der Waals surface area contributed by atoms with E-state index >= 15 is 0 Å². The molecule has 1 unspecified atom stereocenters. The van der Waals surface area contributed by atoms with Crippen LogP contribution in [0.5, 0.6) is 11.8 Å². The SMILES string of the molecule is COc1nc(-c2cccc(-c3cccc(-c4cnc(CNC5CCc6cn[nH]c6C5)c(OC)n4)c3Cl)c2Cl)cnc1CNC[C@@H]1CCC(=O)N1. The standard InChI is InChI=1S/C36H37Cl2N9O3/c1-49-35-30(16-39-15-22-11-12-32(48)44-22)41-17-28(45-35)25-7-3-5-23(33(25)37)24-6-4-8-26(34(24)38)29-18-42-31(36(46-29)50-2)19-40-21-10-9-20-14-43-47-27(20)13-21/h3-8,14,17-18,21-22,39-40H,9-13,15-16,19H2,1-2H3,(H,43,47)(H,44,48)/t21?,22-/m0/s1. The largest absolute Gasteiger partial charge is 0.480 e. The number of methoxy groups -OCH3 is 2. The number of halogens is 2. The Morgan fingerprint density at radius 2 is 1.44 bits per heavy atom. The fourth-order valence-electron chi connectivity index (χ4n) is 6.52. The lowest BCUT2D eigenvalue weighted by Gasteiger charge is -2.23. The number of H-pyrrole nitrogens is 1. The van der Waals surface area contributed by atoms with Gasteiger partial charge >= 0.3 is 0 Å². The van der Waals surface area contributed by atoms with Crippen LogP contribution in [0.2, 0.25) is 10.0 Å². The van der Waals surface area contributed by atoms with Crippen molar-refractivity contribution in [3.63, 3.8) is 0 Å². The van der Waals surface area contributed by atoms with Gasteiger partial charge in [-0.05, 0) is 24.8 Å². The number of nitrogens with zero attached hydrogens (tertiary/aromatic N) is 5. The molecule has 4 N–H and O–H groups in total. The van der Waals surface area contributed by atoms with E-state index in [1.54, 1.807) is 26.6 Å². The van der Waals surface area contributed by atoms with Crippen LogP contribution >= 0.6 is 23.2 Å². The number of fused-ring (bicyclic) bond motifs is 1. The van der Waals surface area contributed by atoms with Gasteiger partial charge in [-0.3, -0.25) is 19.9 Å². The maximum Gasteiger partial charge on any atom is 0.237 e. The summed E-state index contributed by atoms with van der Waals surface area (Å²) in [5.41, 5.74) is 7.84. The van der Waals surface area contributed by atoms with Crippen molar-refractivity contribution in [1.29, 1.82) is 0 Å². The highest BCUT2D eigenvalue weighted by Gasteiger charge is 2.23. The third kappa shape index (κ3) is 7.15. The fourth-order valence-corrected chi connectivity index (χ4v) is 7.17. The Morgan fingerprint density at radius 3 is 2.04 bits per heavy atom. The predicted molar refractivity (Wildman–Crippen MR) is 191 cm³/mol. The van der Waals surface area contributed by atoms with Crippen LogP contribution < -0.4 is 25.4 Å². The predicted octanol–water partition coefficient (Wildman–Crippen LogP) is 5.33. The third-order valence-corrected chi connectivity index (χ3v) is 10.0. The Balaban J connectivity index is 1.09. The highest BCUT2D eigenvalue weighted by atomic mass is 35.5. The van der Waals surface area contributed by atoms with E-state index in [4.69, 9.17) is 47.6 Å². The van der Waals surface area contributed by atoms with Gasteiger partial charge < -0.3 is 25.4 Å². The van der Waals surface area contributed by atoms with E-state index in [0.717, 1.165) is 42.5 Å². The molecule has 0 radical (unpaired) electrons. The maximum atomic E-state index is 11.5. The zero-order chi connectivity index (χ0) is 34.6. The average Bonchev–Trinajstić information content (AvgIpc) is 3.79. The Bertz CT molecular complexity index is 2020. The molecular weight excluding hydrogens is 677 g/mol. The number of amides is 1. The number of ether oxygens (including phenoxy) is 2. The van der Waals surface area contributed by atoms with Gasteiger partial charge in [0.2, 0.25) is 17.7 Å². The molecular formula is C36H37Cl2N9O3. The first kappa shape index (κ1) is 33.9. The number of hydrogen-bond acceptors (Lipinski definition) is 10. The number of aryl methyl sites for hydroxylation is 1. The highest BCUT2D eigenvalue weighted by Crippen LogP contribution is 2.42. The molecule has 0 saturated carbocycles. The Hall–Kier alpha value is -4.62. The van der Waals surface area contributed by atoms with E-state index in [2.05, 4.69) is 31.1 Å². The van der Waals surface area contributed by atoms with Crippen LogP contribution in [0.4, 0.5) is 0 Å². The van der Waals surface area contributed by atoms with Crippen LogP contribution in [0.25, 0.3) is 33.6 Å². The van der Waals surface area contributed by atoms with Gasteiger partial charge in [-0.15, -0.1) is 0 Å². The number of rotatable bonds is 12. The van der Waals surface area contributed by atoms with Gasteiger partial charge in [0.05, 0.1) is 54.2 Å². The van der Waals surface area contributed by atoms with E-state index in [-0.39, 0.29) is 11.9 Å². The van der Waals surface area contributed by atoms with Gasteiger partial charge in [-0.2, -0.15) is 5.10 Å². The maximum absolute atomic E-state index is 11.5. The van der Waals surface area contributed by atoms with E-state index < -0.39 is 0 Å². The van der Waals surface area contributed by atoms with Crippen molar-refractivity contribution in [2.24, 2.45) is 0 Å². The molecule has 1 aliphatic carbocycles. The second-order valence-electron chi connectivity index (χ2n) is 12.4. The minimum absolute atomic E-state index is 0.0851. The minimum atomic E-state index is 0.0851. The highest BCUT2D eigenvalue weighted by molar-refractivity contribution is 6.39. The van der Waals surface area contributed by atoms with E-state index in [0.29, 0.717) is 82.1 Å². The van der Waals surface area contributed by atoms with Gasteiger partial charge in [-0.1, -0.05) is 59.6 Å². The van der Waals surface area contributed by atoms with Crippen LogP contribution in [0, 0.1) is 0 Å². The van der Waals surface area contributed by atoms with Crippen LogP contribution in [-0.4, -0.2) is 68.9 Å². The molecule has 0 spiro atoms. The summed E-state index contributed by atoms with van der Waals surface area (Å²) in [5.74, 6) is 0.914. The average molecular weight is 715 g/mol. The Morgan fingerprint density at radius 1 is 0.820 bits per heavy atom. The third-order valence-electron chi connectivity index (χ3n) is 9.20. The first-order valence-corrected chi connectivity index (χ1v) is 17.3. The smallest absolute Gasteiger partial charge is 0.237 e. The summed E-state index contributed by atoms with van der Waals surface area (Å²) < 4.78 is 11.3. The quantitative estimate of drug-likeness (QED) is 0.134. The number of nitrogens with one attached hydrogen (secondary N) is 4. The molecule has 50 heavy (non-hydrogen) atoms. The molecule has 2 aliphatic rings. The van der Waals surface area contributed by atoms with E-state index in [9.17, 15) is 4.79 Å². The molecule has 258 valence electrons. The molecule has 1 amide bonds. The molecule has 4 heterocycles. The van der Waals surface area contributed by atoms with Crippen molar-refractivity contribution >= 4 is 29.1 Å². The summed E-state index contributed by atoms with van der Waals surface area (Å²) in [4.78, 5) is 30.4. The van der Waals surface area contributed by atoms with Gasteiger partial charge in [-0.25, -0.2) is 9.97 Å². The summed E-state index contributed by atoms with van der Waals surface area (Å²) >= 11 is 14.2. The molecule has 5 aromatic rings.